The number of carbonyl (C=O) groups excluding carboxylic acids is 2. The lowest BCUT2D eigenvalue weighted by molar-refractivity contribution is -0.110. The van der Waals surface area contributed by atoms with Crippen molar-refractivity contribution in [3.8, 4) is 0 Å². The number of fused-ring (bicyclic) bond motifs is 1. The van der Waals surface area contributed by atoms with Crippen LogP contribution in [0, 0.1) is 6.92 Å². The van der Waals surface area contributed by atoms with Crippen molar-refractivity contribution in [1.82, 2.24) is 0 Å². The largest absolute Gasteiger partial charge is 0.506 e. The van der Waals surface area contributed by atoms with Crippen molar-refractivity contribution < 1.29 is 14.7 Å². The van der Waals surface area contributed by atoms with E-state index < -0.39 is 11.6 Å². The molecule has 3 heteroatoms. The quantitative estimate of drug-likeness (QED) is 0.692. The highest BCUT2D eigenvalue weighted by Crippen LogP contribution is 2.31. The molecule has 0 fully saturated rings. The lowest BCUT2D eigenvalue weighted by atomic mass is 10.0. The second kappa shape index (κ2) is 5.45. The Morgan fingerprint density at radius 2 is 1.64 bits per heavy atom. The molecular weight excluding hydrogens is 276 g/mol. The first kappa shape index (κ1) is 14.0. The Morgan fingerprint density at radius 1 is 1.00 bits per heavy atom. The normalized spacial score (nSPS) is 13.8. The zero-order valence-corrected chi connectivity index (χ0v) is 12.0. The Bertz CT molecular complexity index is 824. The number of rotatable bonds is 3. The molecule has 0 saturated heterocycles. The third-order valence-corrected chi connectivity index (χ3v) is 3.64. The van der Waals surface area contributed by atoms with E-state index in [9.17, 15) is 14.7 Å². The van der Waals surface area contributed by atoms with Gasteiger partial charge >= 0.3 is 0 Å². The zero-order valence-electron chi connectivity index (χ0n) is 12.0. The van der Waals surface area contributed by atoms with Crippen molar-refractivity contribution in [2.45, 2.75) is 6.92 Å². The standard InChI is InChI=1S/C19H14O3/c1-12-6-8-13(9-7-12)10-11-16(20)17-18(21)14-4-2-3-5-15(14)19(17)22/h2-11,21H,1H3/b11-10+. The first-order valence-corrected chi connectivity index (χ1v) is 6.94. The van der Waals surface area contributed by atoms with E-state index in [1.54, 1.807) is 30.3 Å². The number of ketones is 2. The lowest BCUT2D eigenvalue weighted by Gasteiger charge is -1.97. The van der Waals surface area contributed by atoms with Crippen molar-refractivity contribution in [1.29, 1.82) is 0 Å². The number of carbonyl (C=O) groups is 2. The van der Waals surface area contributed by atoms with E-state index in [1.807, 2.05) is 31.2 Å². The first-order chi connectivity index (χ1) is 10.6. The summed E-state index contributed by atoms with van der Waals surface area (Å²) in [5.41, 5.74) is 2.61. The van der Waals surface area contributed by atoms with E-state index in [-0.39, 0.29) is 11.3 Å². The van der Waals surface area contributed by atoms with Crippen LogP contribution in [0.4, 0.5) is 0 Å². The van der Waals surface area contributed by atoms with Gasteiger partial charge in [-0.15, -0.1) is 0 Å². The molecule has 108 valence electrons. The van der Waals surface area contributed by atoms with Gasteiger partial charge in [-0.1, -0.05) is 60.2 Å². The average Bonchev–Trinajstić information content (AvgIpc) is 2.79. The fraction of sp³-hybridized carbons (Fsp3) is 0.0526. The molecule has 0 heterocycles. The average molecular weight is 290 g/mol. The maximum Gasteiger partial charge on any atom is 0.201 e. The number of aliphatic hydroxyl groups is 1. The first-order valence-electron chi connectivity index (χ1n) is 6.94. The summed E-state index contributed by atoms with van der Waals surface area (Å²) in [5.74, 6) is -1.15. The van der Waals surface area contributed by atoms with E-state index >= 15 is 0 Å². The zero-order chi connectivity index (χ0) is 15.7. The van der Waals surface area contributed by atoms with Crippen LogP contribution in [0.3, 0.4) is 0 Å². The van der Waals surface area contributed by atoms with Crippen LogP contribution in [0.15, 0.2) is 60.2 Å². The van der Waals surface area contributed by atoms with Gasteiger partial charge in [0.05, 0.1) is 0 Å². The molecule has 2 aromatic carbocycles. The molecule has 3 rings (SSSR count). The Labute approximate surface area is 128 Å². The van der Waals surface area contributed by atoms with Gasteiger partial charge in [0.15, 0.2) is 5.78 Å². The number of benzene rings is 2. The molecule has 0 saturated carbocycles. The molecule has 0 spiro atoms. The highest BCUT2D eigenvalue weighted by atomic mass is 16.3. The van der Waals surface area contributed by atoms with Crippen molar-refractivity contribution in [2.24, 2.45) is 0 Å². The molecule has 0 amide bonds. The second-order valence-electron chi connectivity index (χ2n) is 5.21. The van der Waals surface area contributed by atoms with Gasteiger partial charge in [0.2, 0.25) is 5.78 Å². The molecule has 0 unspecified atom stereocenters. The van der Waals surface area contributed by atoms with Crippen LogP contribution in [0.2, 0.25) is 0 Å². The molecule has 1 aliphatic rings. The summed E-state index contributed by atoms with van der Waals surface area (Å²) in [4.78, 5) is 24.5. The maximum atomic E-state index is 12.2. The number of Topliss-reactive ketones (excluding diaryl/α,β-unsaturated/α-hetero) is 1. The van der Waals surface area contributed by atoms with Gasteiger partial charge < -0.3 is 5.11 Å². The molecular formula is C19H14O3. The Hall–Kier alpha value is -2.94. The molecule has 0 radical (unpaired) electrons. The van der Waals surface area contributed by atoms with Crippen LogP contribution in [0.1, 0.15) is 27.0 Å². The minimum absolute atomic E-state index is 0.162. The number of hydrogen-bond donors (Lipinski definition) is 1. The summed E-state index contributed by atoms with van der Waals surface area (Å²) in [6.45, 7) is 1.98. The fourth-order valence-corrected chi connectivity index (χ4v) is 2.43. The molecule has 0 atom stereocenters. The van der Waals surface area contributed by atoms with E-state index in [4.69, 9.17) is 0 Å². The third kappa shape index (κ3) is 2.37. The second-order valence-corrected chi connectivity index (χ2v) is 5.21. The van der Waals surface area contributed by atoms with Gasteiger partial charge in [-0.05, 0) is 18.6 Å². The number of aryl methyl sites for hydroxylation is 1. The van der Waals surface area contributed by atoms with Crippen molar-refractivity contribution in [3.63, 3.8) is 0 Å². The minimum Gasteiger partial charge on any atom is -0.506 e. The number of hydrogen-bond acceptors (Lipinski definition) is 3. The number of aliphatic hydroxyl groups excluding tert-OH is 1. The third-order valence-electron chi connectivity index (χ3n) is 3.64. The molecule has 22 heavy (non-hydrogen) atoms. The molecule has 3 nitrogen and oxygen atoms in total. The van der Waals surface area contributed by atoms with Gasteiger partial charge in [-0.25, -0.2) is 0 Å². The molecule has 2 aromatic rings. The van der Waals surface area contributed by atoms with Gasteiger partial charge in [0.1, 0.15) is 11.3 Å². The van der Waals surface area contributed by atoms with Gasteiger partial charge in [0, 0.05) is 11.1 Å². The Kier molecular flexibility index (Phi) is 3.47. The van der Waals surface area contributed by atoms with Gasteiger partial charge in [0.25, 0.3) is 0 Å². The molecule has 0 aliphatic heterocycles. The summed E-state index contributed by atoms with van der Waals surface area (Å²) in [6.07, 6.45) is 2.96. The predicted molar refractivity (Wildman–Crippen MR) is 85.5 cm³/mol. The van der Waals surface area contributed by atoms with Crippen molar-refractivity contribution in [2.75, 3.05) is 0 Å². The van der Waals surface area contributed by atoms with Crippen LogP contribution in [-0.4, -0.2) is 16.7 Å². The maximum absolute atomic E-state index is 12.2. The molecule has 1 N–H and O–H groups in total. The summed E-state index contributed by atoms with van der Waals surface area (Å²) < 4.78 is 0. The van der Waals surface area contributed by atoms with Crippen LogP contribution in [-0.2, 0) is 4.79 Å². The molecule has 0 aromatic heterocycles. The van der Waals surface area contributed by atoms with Gasteiger partial charge in [-0.2, -0.15) is 0 Å². The predicted octanol–water partition coefficient (Wildman–Crippen LogP) is 3.74. The van der Waals surface area contributed by atoms with Crippen LogP contribution >= 0.6 is 0 Å². The van der Waals surface area contributed by atoms with E-state index in [0.717, 1.165) is 11.1 Å². The van der Waals surface area contributed by atoms with E-state index in [0.29, 0.717) is 11.1 Å². The van der Waals surface area contributed by atoms with Crippen LogP contribution < -0.4 is 0 Å². The lowest BCUT2D eigenvalue weighted by Crippen LogP contribution is -2.08. The Balaban J connectivity index is 1.89. The molecule has 0 bridgehead atoms. The smallest absolute Gasteiger partial charge is 0.201 e. The topological polar surface area (TPSA) is 54.4 Å². The number of allylic oxidation sites excluding steroid dienone is 2. The summed E-state index contributed by atoms with van der Waals surface area (Å²) in [5, 5.41) is 10.1. The van der Waals surface area contributed by atoms with E-state index in [1.165, 1.54) is 6.08 Å². The van der Waals surface area contributed by atoms with E-state index in [2.05, 4.69) is 0 Å². The highest BCUT2D eigenvalue weighted by Gasteiger charge is 2.32. The fourth-order valence-electron chi connectivity index (χ4n) is 2.43. The van der Waals surface area contributed by atoms with Crippen LogP contribution in [0.25, 0.3) is 11.8 Å². The summed E-state index contributed by atoms with van der Waals surface area (Å²) in [6, 6.07) is 14.3. The SMILES string of the molecule is Cc1ccc(/C=C/C(=O)C2=C(O)c3ccccc3C2=O)cc1. The van der Waals surface area contributed by atoms with Gasteiger partial charge in [-0.3, -0.25) is 9.59 Å². The minimum atomic E-state index is -0.487. The van der Waals surface area contributed by atoms with Crippen molar-refractivity contribution in [3.05, 3.63) is 82.4 Å². The summed E-state index contributed by atoms with van der Waals surface area (Å²) in [7, 11) is 0. The van der Waals surface area contributed by atoms with Crippen LogP contribution in [0.5, 0.6) is 0 Å². The summed E-state index contributed by atoms with van der Waals surface area (Å²) >= 11 is 0. The van der Waals surface area contributed by atoms with Crippen molar-refractivity contribution >= 4 is 23.4 Å². The Morgan fingerprint density at radius 3 is 2.27 bits per heavy atom. The monoisotopic (exact) mass is 290 g/mol. The highest BCUT2D eigenvalue weighted by molar-refractivity contribution is 6.36. The molecule has 1 aliphatic carbocycles.